The quantitative estimate of drug-likeness (QED) is 0.746. The smallest absolute Gasteiger partial charge is 0.126 e. The number of quaternary nitrogens is 1. The normalized spacial score (nSPS) is 26.8. The van der Waals surface area contributed by atoms with E-state index in [1.54, 1.807) is 7.11 Å². The van der Waals surface area contributed by atoms with Gasteiger partial charge in [-0.3, -0.25) is 0 Å². The molecule has 3 atom stereocenters. The Morgan fingerprint density at radius 2 is 1.86 bits per heavy atom. The van der Waals surface area contributed by atoms with Gasteiger partial charge in [0.05, 0.1) is 46.0 Å². The number of benzene rings is 1. The van der Waals surface area contributed by atoms with E-state index < -0.39 is 0 Å². The standard InChI is InChI=1S/C23H38N2O3/c1-18-13-22(15-23(2,3)14-18)28-17-20(26)16-24-9-11-25(12-10-24)19-5-7-21(27-4)8-6-19/h5-8,18,20,22,26H,9-17H2,1-4H3/p+1/t18-,20+,22-/m0/s1. The fourth-order valence-corrected chi connectivity index (χ4v) is 5.10. The highest BCUT2D eigenvalue weighted by Gasteiger charge is 2.33. The first-order chi connectivity index (χ1) is 13.3. The second kappa shape index (κ2) is 9.47. The molecule has 28 heavy (non-hydrogen) atoms. The van der Waals surface area contributed by atoms with E-state index in [4.69, 9.17) is 9.47 Å². The number of ether oxygens (including phenoxy) is 2. The minimum absolute atomic E-state index is 0.301. The summed E-state index contributed by atoms with van der Waals surface area (Å²) < 4.78 is 11.4. The number of nitrogens with zero attached hydrogens (tertiary/aromatic N) is 1. The molecule has 3 rings (SSSR count). The van der Waals surface area contributed by atoms with Crippen molar-refractivity contribution >= 4 is 5.69 Å². The largest absolute Gasteiger partial charge is 0.497 e. The molecule has 1 aromatic carbocycles. The van der Waals surface area contributed by atoms with Gasteiger partial charge in [-0.05, 0) is 54.9 Å². The minimum atomic E-state index is -0.372. The first-order valence-corrected chi connectivity index (χ1v) is 10.9. The molecule has 1 aliphatic heterocycles. The van der Waals surface area contributed by atoms with Crippen LogP contribution in [0.4, 0.5) is 5.69 Å². The molecular formula is C23H39N2O3+. The number of aliphatic hydroxyl groups is 1. The van der Waals surface area contributed by atoms with Gasteiger partial charge in [-0.1, -0.05) is 20.8 Å². The number of hydrogen-bond donors (Lipinski definition) is 2. The third kappa shape index (κ3) is 6.10. The van der Waals surface area contributed by atoms with E-state index in [-0.39, 0.29) is 6.10 Å². The Bertz CT molecular complexity index is 596. The predicted molar refractivity (Wildman–Crippen MR) is 113 cm³/mol. The fourth-order valence-electron chi connectivity index (χ4n) is 5.10. The van der Waals surface area contributed by atoms with Crippen LogP contribution < -0.4 is 14.5 Å². The van der Waals surface area contributed by atoms with Gasteiger partial charge < -0.3 is 24.4 Å². The summed E-state index contributed by atoms with van der Waals surface area (Å²) in [6.45, 7) is 12.4. The molecule has 2 N–H and O–H groups in total. The summed E-state index contributed by atoms with van der Waals surface area (Å²) in [4.78, 5) is 3.88. The van der Waals surface area contributed by atoms with E-state index >= 15 is 0 Å². The Hall–Kier alpha value is -1.30. The summed E-state index contributed by atoms with van der Waals surface area (Å²) in [5.74, 6) is 1.61. The summed E-state index contributed by atoms with van der Waals surface area (Å²) in [7, 11) is 1.70. The van der Waals surface area contributed by atoms with Crippen molar-refractivity contribution in [3.8, 4) is 5.75 Å². The van der Waals surface area contributed by atoms with Crippen molar-refractivity contribution in [1.29, 1.82) is 0 Å². The molecular weight excluding hydrogens is 352 g/mol. The van der Waals surface area contributed by atoms with E-state index in [0.717, 1.165) is 51.3 Å². The van der Waals surface area contributed by atoms with Crippen LogP contribution in [0.1, 0.15) is 40.0 Å². The molecule has 5 heteroatoms. The zero-order valence-corrected chi connectivity index (χ0v) is 18.1. The number of aliphatic hydroxyl groups excluding tert-OH is 1. The van der Waals surface area contributed by atoms with Crippen LogP contribution in [0.25, 0.3) is 0 Å². The average molecular weight is 392 g/mol. The van der Waals surface area contributed by atoms with Crippen LogP contribution in [0.15, 0.2) is 24.3 Å². The number of rotatable bonds is 7. The molecule has 1 saturated carbocycles. The lowest BCUT2D eigenvalue weighted by atomic mass is 9.71. The van der Waals surface area contributed by atoms with E-state index in [9.17, 15) is 5.11 Å². The molecule has 1 aromatic rings. The molecule has 1 saturated heterocycles. The summed E-state index contributed by atoms with van der Waals surface area (Å²) in [6, 6.07) is 8.28. The summed E-state index contributed by atoms with van der Waals surface area (Å²) >= 11 is 0. The summed E-state index contributed by atoms with van der Waals surface area (Å²) in [5.41, 5.74) is 1.61. The number of methoxy groups -OCH3 is 1. The maximum Gasteiger partial charge on any atom is 0.126 e. The lowest BCUT2D eigenvalue weighted by Crippen LogP contribution is -3.16. The molecule has 0 bridgehead atoms. The molecule has 5 nitrogen and oxygen atoms in total. The molecule has 1 heterocycles. The maximum absolute atomic E-state index is 10.5. The summed E-state index contributed by atoms with van der Waals surface area (Å²) in [5, 5.41) is 10.5. The molecule has 158 valence electrons. The second-order valence-corrected chi connectivity index (χ2v) is 9.66. The Morgan fingerprint density at radius 1 is 1.18 bits per heavy atom. The topological polar surface area (TPSA) is 46.4 Å². The van der Waals surface area contributed by atoms with Crippen molar-refractivity contribution in [1.82, 2.24) is 0 Å². The molecule has 0 amide bonds. The van der Waals surface area contributed by atoms with Gasteiger partial charge in [0.15, 0.2) is 0 Å². The molecule has 0 spiro atoms. The summed E-state index contributed by atoms with van der Waals surface area (Å²) in [6.07, 6.45) is 3.44. The van der Waals surface area contributed by atoms with Crippen LogP contribution in [0, 0.1) is 11.3 Å². The Kier molecular flexibility index (Phi) is 7.24. The van der Waals surface area contributed by atoms with Crippen molar-refractivity contribution < 1.29 is 19.5 Å². The Balaban J connectivity index is 1.38. The van der Waals surface area contributed by atoms with Crippen molar-refractivity contribution in [2.24, 2.45) is 11.3 Å². The monoisotopic (exact) mass is 391 g/mol. The molecule has 2 aliphatic rings. The molecule has 0 unspecified atom stereocenters. The van der Waals surface area contributed by atoms with E-state index in [1.165, 1.54) is 17.0 Å². The van der Waals surface area contributed by atoms with Crippen molar-refractivity contribution in [2.75, 3.05) is 51.3 Å². The zero-order valence-electron chi connectivity index (χ0n) is 18.1. The fraction of sp³-hybridized carbons (Fsp3) is 0.739. The zero-order chi connectivity index (χ0) is 20.1. The van der Waals surface area contributed by atoms with Crippen molar-refractivity contribution in [3.05, 3.63) is 24.3 Å². The highest BCUT2D eigenvalue weighted by atomic mass is 16.5. The van der Waals surface area contributed by atoms with Gasteiger partial charge >= 0.3 is 0 Å². The second-order valence-electron chi connectivity index (χ2n) is 9.66. The van der Waals surface area contributed by atoms with E-state index in [0.29, 0.717) is 24.0 Å². The Labute approximate surface area is 170 Å². The Morgan fingerprint density at radius 3 is 2.46 bits per heavy atom. The molecule has 0 aromatic heterocycles. The van der Waals surface area contributed by atoms with Gasteiger partial charge in [0.1, 0.15) is 18.4 Å². The first-order valence-electron chi connectivity index (χ1n) is 10.9. The molecule has 1 aliphatic carbocycles. The maximum atomic E-state index is 10.5. The van der Waals surface area contributed by atoms with Gasteiger partial charge in [0.25, 0.3) is 0 Å². The molecule has 2 fully saturated rings. The predicted octanol–water partition coefficient (Wildman–Crippen LogP) is 1.99. The third-order valence-corrected chi connectivity index (χ3v) is 6.30. The minimum Gasteiger partial charge on any atom is -0.497 e. The lowest BCUT2D eigenvalue weighted by molar-refractivity contribution is -0.903. The third-order valence-electron chi connectivity index (χ3n) is 6.30. The van der Waals surface area contributed by atoms with Crippen LogP contribution in [0.5, 0.6) is 5.75 Å². The van der Waals surface area contributed by atoms with Gasteiger partial charge in [0.2, 0.25) is 0 Å². The van der Waals surface area contributed by atoms with Gasteiger partial charge in [0, 0.05) is 5.69 Å². The van der Waals surface area contributed by atoms with Crippen LogP contribution in [0.3, 0.4) is 0 Å². The number of anilines is 1. The van der Waals surface area contributed by atoms with Crippen LogP contribution in [-0.4, -0.2) is 63.8 Å². The number of piperazine rings is 1. The number of hydrogen-bond acceptors (Lipinski definition) is 4. The highest BCUT2D eigenvalue weighted by Crippen LogP contribution is 2.39. The van der Waals surface area contributed by atoms with Crippen LogP contribution in [0.2, 0.25) is 0 Å². The van der Waals surface area contributed by atoms with Crippen LogP contribution in [-0.2, 0) is 4.74 Å². The van der Waals surface area contributed by atoms with Crippen molar-refractivity contribution in [3.63, 3.8) is 0 Å². The van der Waals surface area contributed by atoms with E-state index in [1.807, 2.05) is 12.1 Å². The van der Waals surface area contributed by atoms with Gasteiger partial charge in [-0.15, -0.1) is 0 Å². The average Bonchev–Trinajstić information content (AvgIpc) is 2.66. The number of nitrogens with one attached hydrogen (secondary N) is 1. The van der Waals surface area contributed by atoms with E-state index in [2.05, 4.69) is 37.8 Å². The van der Waals surface area contributed by atoms with Crippen LogP contribution >= 0.6 is 0 Å². The lowest BCUT2D eigenvalue weighted by Gasteiger charge is -2.39. The van der Waals surface area contributed by atoms with Crippen molar-refractivity contribution in [2.45, 2.75) is 52.2 Å². The van der Waals surface area contributed by atoms with Gasteiger partial charge in [-0.2, -0.15) is 0 Å². The SMILES string of the molecule is COc1ccc(N2CC[NH+](C[C@@H](O)CO[C@H]3C[C@H](C)CC(C)(C)C3)CC2)cc1. The highest BCUT2D eigenvalue weighted by molar-refractivity contribution is 5.49. The molecule has 0 radical (unpaired) electrons. The van der Waals surface area contributed by atoms with Gasteiger partial charge in [-0.25, -0.2) is 0 Å². The first kappa shape index (κ1) is 21.4.